The van der Waals surface area contributed by atoms with Gasteiger partial charge in [0.15, 0.2) is 5.76 Å². The summed E-state index contributed by atoms with van der Waals surface area (Å²) in [5.74, 6) is 1.72. The average molecular weight is 217 g/mol. The van der Waals surface area contributed by atoms with Crippen LogP contribution in [0.15, 0.2) is 35.4 Å². The number of aromatic nitrogens is 2. The first-order valence-electron chi connectivity index (χ1n) is 5.22. The van der Waals surface area contributed by atoms with Crippen molar-refractivity contribution in [2.75, 3.05) is 6.54 Å². The molecule has 4 nitrogen and oxygen atoms in total. The summed E-state index contributed by atoms with van der Waals surface area (Å²) in [6.45, 7) is 7.11. The molecular weight excluding hydrogens is 202 g/mol. The Hall–Kier alpha value is -1.81. The van der Waals surface area contributed by atoms with E-state index < -0.39 is 0 Å². The van der Waals surface area contributed by atoms with Crippen LogP contribution in [0.3, 0.4) is 0 Å². The molecule has 16 heavy (non-hydrogen) atoms. The van der Waals surface area contributed by atoms with Crippen molar-refractivity contribution in [1.82, 2.24) is 15.5 Å². The highest BCUT2D eigenvalue weighted by Crippen LogP contribution is 2.22. The third kappa shape index (κ3) is 2.23. The van der Waals surface area contributed by atoms with Gasteiger partial charge in [-0.1, -0.05) is 6.08 Å². The fourth-order valence-electron chi connectivity index (χ4n) is 1.54. The minimum absolute atomic E-state index is 0.748. The summed E-state index contributed by atoms with van der Waals surface area (Å²) < 4.78 is 5.56. The molecule has 0 aliphatic rings. The molecule has 0 spiro atoms. The molecule has 2 heterocycles. The van der Waals surface area contributed by atoms with Crippen LogP contribution in [0.1, 0.15) is 11.3 Å². The Morgan fingerprint density at radius 2 is 2.44 bits per heavy atom. The lowest BCUT2D eigenvalue weighted by atomic mass is 10.2. The molecule has 0 amide bonds. The zero-order chi connectivity index (χ0) is 11.4. The van der Waals surface area contributed by atoms with Crippen LogP contribution in [-0.2, 0) is 6.54 Å². The van der Waals surface area contributed by atoms with E-state index in [1.807, 2.05) is 31.3 Å². The molecule has 2 rings (SSSR count). The summed E-state index contributed by atoms with van der Waals surface area (Å²) in [4.78, 5) is 0. The van der Waals surface area contributed by atoms with Gasteiger partial charge in [-0.3, -0.25) is 5.10 Å². The van der Waals surface area contributed by atoms with Gasteiger partial charge in [-0.05, 0) is 19.1 Å². The molecule has 0 aliphatic heterocycles. The molecule has 0 fully saturated rings. The maximum atomic E-state index is 5.56. The molecule has 0 atom stereocenters. The predicted octanol–water partition coefficient (Wildman–Crippen LogP) is 2.25. The largest absolute Gasteiger partial charge is 0.460 e. The molecule has 0 aliphatic carbocycles. The van der Waals surface area contributed by atoms with Crippen LogP contribution >= 0.6 is 0 Å². The molecule has 84 valence electrons. The van der Waals surface area contributed by atoms with Gasteiger partial charge in [0.25, 0.3) is 0 Å². The van der Waals surface area contributed by atoms with Crippen molar-refractivity contribution in [1.29, 1.82) is 0 Å². The van der Waals surface area contributed by atoms with Crippen LogP contribution in [-0.4, -0.2) is 16.7 Å². The Bertz CT molecular complexity index is 470. The first-order chi connectivity index (χ1) is 7.81. The number of hydrogen-bond acceptors (Lipinski definition) is 3. The standard InChI is InChI=1S/C12H15N3O/c1-3-6-13-7-10-8-14-15-12(10)11-5-4-9(2)16-11/h3-5,8,13H,1,6-7H2,2H3,(H,14,15). The Morgan fingerprint density at radius 1 is 1.56 bits per heavy atom. The van der Waals surface area contributed by atoms with Crippen LogP contribution in [0, 0.1) is 6.92 Å². The topological polar surface area (TPSA) is 53.9 Å². The van der Waals surface area contributed by atoms with Crippen LogP contribution in [0.4, 0.5) is 0 Å². The molecule has 2 aromatic heterocycles. The number of furan rings is 1. The van der Waals surface area contributed by atoms with E-state index in [-0.39, 0.29) is 0 Å². The fourth-order valence-corrected chi connectivity index (χ4v) is 1.54. The van der Waals surface area contributed by atoms with Crippen molar-refractivity contribution < 1.29 is 4.42 Å². The van der Waals surface area contributed by atoms with Gasteiger partial charge in [0, 0.05) is 18.7 Å². The fraction of sp³-hybridized carbons (Fsp3) is 0.250. The third-order valence-electron chi connectivity index (χ3n) is 2.31. The number of aryl methyl sites for hydroxylation is 1. The smallest absolute Gasteiger partial charge is 0.152 e. The monoisotopic (exact) mass is 217 g/mol. The van der Waals surface area contributed by atoms with E-state index >= 15 is 0 Å². The molecule has 0 aromatic carbocycles. The molecule has 0 saturated heterocycles. The van der Waals surface area contributed by atoms with Gasteiger partial charge >= 0.3 is 0 Å². The molecule has 2 aromatic rings. The zero-order valence-corrected chi connectivity index (χ0v) is 9.29. The average Bonchev–Trinajstić information content (AvgIpc) is 2.87. The van der Waals surface area contributed by atoms with Crippen LogP contribution in [0.5, 0.6) is 0 Å². The lowest BCUT2D eigenvalue weighted by Gasteiger charge is -2.01. The molecule has 0 saturated carbocycles. The highest BCUT2D eigenvalue weighted by Gasteiger charge is 2.10. The van der Waals surface area contributed by atoms with Crippen molar-refractivity contribution in [2.24, 2.45) is 0 Å². The molecule has 2 N–H and O–H groups in total. The summed E-state index contributed by atoms with van der Waals surface area (Å²) in [7, 11) is 0. The van der Waals surface area contributed by atoms with Crippen LogP contribution < -0.4 is 5.32 Å². The lowest BCUT2D eigenvalue weighted by Crippen LogP contribution is -2.12. The van der Waals surface area contributed by atoms with E-state index in [0.717, 1.165) is 35.9 Å². The number of H-pyrrole nitrogens is 1. The zero-order valence-electron chi connectivity index (χ0n) is 9.29. The minimum atomic E-state index is 0.748. The quantitative estimate of drug-likeness (QED) is 0.596. The van der Waals surface area contributed by atoms with Crippen molar-refractivity contribution in [3.8, 4) is 11.5 Å². The van der Waals surface area contributed by atoms with Gasteiger partial charge in [0.2, 0.25) is 0 Å². The van der Waals surface area contributed by atoms with E-state index in [9.17, 15) is 0 Å². The van der Waals surface area contributed by atoms with Gasteiger partial charge in [0.1, 0.15) is 11.5 Å². The van der Waals surface area contributed by atoms with Crippen LogP contribution in [0.25, 0.3) is 11.5 Å². The number of rotatable bonds is 5. The second-order valence-corrected chi connectivity index (χ2v) is 3.60. The molecular formula is C12H15N3O. The number of nitrogens with one attached hydrogen (secondary N) is 2. The van der Waals surface area contributed by atoms with E-state index in [1.54, 1.807) is 0 Å². The Labute approximate surface area is 94.4 Å². The van der Waals surface area contributed by atoms with Crippen LogP contribution in [0.2, 0.25) is 0 Å². The molecule has 0 unspecified atom stereocenters. The van der Waals surface area contributed by atoms with E-state index in [1.165, 1.54) is 0 Å². The minimum Gasteiger partial charge on any atom is -0.460 e. The van der Waals surface area contributed by atoms with Crippen molar-refractivity contribution in [2.45, 2.75) is 13.5 Å². The first kappa shape index (κ1) is 10.7. The summed E-state index contributed by atoms with van der Waals surface area (Å²) in [6.07, 6.45) is 3.64. The number of nitrogens with zero attached hydrogens (tertiary/aromatic N) is 1. The normalized spacial score (nSPS) is 10.6. The van der Waals surface area contributed by atoms with Crippen molar-refractivity contribution in [3.05, 3.63) is 42.3 Å². The molecule has 4 heteroatoms. The first-order valence-corrected chi connectivity index (χ1v) is 5.22. The summed E-state index contributed by atoms with van der Waals surface area (Å²) >= 11 is 0. The SMILES string of the molecule is C=CCNCc1cn[nH]c1-c1ccc(C)o1. The van der Waals surface area contributed by atoms with Gasteiger partial charge in [-0.15, -0.1) is 6.58 Å². The summed E-state index contributed by atoms with van der Waals surface area (Å²) in [6, 6.07) is 3.89. The molecule has 0 bridgehead atoms. The van der Waals surface area contributed by atoms with Gasteiger partial charge < -0.3 is 9.73 Å². The van der Waals surface area contributed by atoms with Gasteiger partial charge in [0.05, 0.1) is 6.20 Å². The highest BCUT2D eigenvalue weighted by molar-refractivity contribution is 5.56. The summed E-state index contributed by atoms with van der Waals surface area (Å²) in [5.41, 5.74) is 2.03. The molecule has 0 radical (unpaired) electrons. The maximum absolute atomic E-state index is 5.56. The number of aromatic amines is 1. The third-order valence-corrected chi connectivity index (χ3v) is 2.31. The highest BCUT2D eigenvalue weighted by atomic mass is 16.3. The van der Waals surface area contributed by atoms with E-state index in [0.29, 0.717) is 0 Å². The predicted molar refractivity (Wildman–Crippen MR) is 62.9 cm³/mol. The Morgan fingerprint density at radius 3 is 3.12 bits per heavy atom. The second kappa shape index (κ2) is 4.81. The Kier molecular flexibility index (Phi) is 3.22. The van der Waals surface area contributed by atoms with E-state index in [2.05, 4.69) is 22.1 Å². The van der Waals surface area contributed by atoms with Crippen molar-refractivity contribution >= 4 is 0 Å². The van der Waals surface area contributed by atoms with Gasteiger partial charge in [-0.25, -0.2) is 0 Å². The lowest BCUT2D eigenvalue weighted by molar-refractivity contribution is 0.545. The maximum Gasteiger partial charge on any atom is 0.152 e. The van der Waals surface area contributed by atoms with Gasteiger partial charge in [-0.2, -0.15) is 5.10 Å². The second-order valence-electron chi connectivity index (χ2n) is 3.60. The van der Waals surface area contributed by atoms with E-state index in [4.69, 9.17) is 4.42 Å². The Balaban J connectivity index is 2.15. The summed E-state index contributed by atoms with van der Waals surface area (Å²) in [5, 5.41) is 10.2. The number of hydrogen-bond donors (Lipinski definition) is 2. The van der Waals surface area contributed by atoms with Crippen molar-refractivity contribution in [3.63, 3.8) is 0 Å².